The number of hydrogen-bond acceptors (Lipinski definition) is 4. The van der Waals surface area contributed by atoms with E-state index in [9.17, 15) is 9.59 Å². The summed E-state index contributed by atoms with van der Waals surface area (Å²) in [5.74, 6) is 0.771. The second kappa shape index (κ2) is 10.3. The molecule has 1 fully saturated rings. The Bertz CT molecular complexity index is 1190. The van der Waals surface area contributed by atoms with Gasteiger partial charge in [-0.2, -0.15) is 0 Å². The molecule has 0 unspecified atom stereocenters. The van der Waals surface area contributed by atoms with E-state index in [1.54, 1.807) is 48.4 Å². The largest absolute Gasteiger partial charge is 0.496 e. The molecular weight excluding hydrogens is 430 g/mol. The van der Waals surface area contributed by atoms with Crippen molar-refractivity contribution in [3.63, 3.8) is 0 Å². The molecule has 176 valence electrons. The number of hydrogen-bond donors (Lipinski definition) is 1. The highest BCUT2D eigenvalue weighted by Gasteiger charge is 2.29. The van der Waals surface area contributed by atoms with Crippen molar-refractivity contribution in [3.05, 3.63) is 83.4 Å². The van der Waals surface area contributed by atoms with Gasteiger partial charge in [0.25, 0.3) is 5.91 Å². The molecular formula is C27H29N3O4. The number of anilines is 2. The van der Waals surface area contributed by atoms with Crippen molar-refractivity contribution in [2.24, 2.45) is 0 Å². The molecule has 1 aliphatic heterocycles. The van der Waals surface area contributed by atoms with Gasteiger partial charge in [-0.3, -0.25) is 9.69 Å². The standard InChI is InChI=1S/C27H29N3O4/c1-19-8-6-9-20(16-19)18-29-14-7-15-30(27(29)32)23-17-21(12-13-25(23)34-3)28-26(31)22-10-4-5-11-24(22)33-2/h4-6,8-13,16-17H,7,14-15,18H2,1-3H3,(H,28,31). The lowest BCUT2D eigenvalue weighted by atomic mass is 10.1. The van der Waals surface area contributed by atoms with Gasteiger partial charge in [-0.05, 0) is 49.2 Å². The van der Waals surface area contributed by atoms with Crippen molar-refractivity contribution < 1.29 is 19.1 Å². The number of ether oxygens (including phenoxy) is 2. The van der Waals surface area contributed by atoms with Crippen LogP contribution in [-0.2, 0) is 6.54 Å². The maximum Gasteiger partial charge on any atom is 0.324 e. The van der Waals surface area contributed by atoms with Crippen molar-refractivity contribution >= 4 is 23.3 Å². The minimum atomic E-state index is -0.292. The van der Waals surface area contributed by atoms with Crippen LogP contribution in [0, 0.1) is 6.92 Å². The summed E-state index contributed by atoms with van der Waals surface area (Å²) in [4.78, 5) is 29.9. The van der Waals surface area contributed by atoms with Crippen molar-refractivity contribution in [1.82, 2.24) is 4.90 Å². The van der Waals surface area contributed by atoms with E-state index in [0.29, 0.717) is 48.1 Å². The number of amides is 3. The molecule has 0 aliphatic carbocycles. The molecule has 0 bridgehead atoms. The second-order valence-electron chi connectivity index (χ2n) is 8.24. The molecule has 0 atom stereocenters. The Kier molecular flexibility index (Phi) is 7.01. The van der Waals surface area contributed by atoms with Crippen molar-refractivity contribution in [1.29, 1.82) is 0 Å². The Balaban J connectivity index is 1.57. The third-order valence-corrected chi connectivity index (χ3v) is 5.85. The molecule has 0 aromatic heterocycles. The minimum Gasteiger partial charge on any atom is -0.496 e. The molecule has 1 saturated heterocycles. The lowest BCUT2D eigenvalue weighted by molar-refractivity contribution is 0.102. The molecule has 7 nitrogen and oxygen atoms in total. The fourth-order valence-corrected chi connectivity index (χ4v) is 4.19. The molecule has 1 heterocycles. The van der Waals surface area contributed by atoms with Crippen LogP contribution in [0.3, 0.4) is 0 Å². The Morgan fingerprint density at radius 3 is 2.50 bits per heavy atom. The van der Waals surface area contributed by atoms with Crippen molar-refractivity contribution in [2.75, 3.05) is 37.5 Å². The van der Waals surface area contributed by atoms with Gasteiger partial charge < -0.3 is 19.7 Å². The molecule has 3 amide bonds. The molecule has 3 aromatic carbocycles. The van der Waals surface area contributed by atoms with Crippen LogP contribution < -0.4 is 19.7 Å². The van der Waals surface area contributed by atoms with E-state index in [-0.39, 0.29) is 11.9 Å². The molecule has 0 radical (unpaired) electrons. The zero-order valence-electron chi connectivity index (χ0n) is 19.7. The van der Waals surface area contributed by atoms with E-state index in [1.807, 2.05) is 36.1 Å². The molecule has 0 spiro atoms. The summed E-state index contributed by atoms with van der Waals surface area (Å²) in [5, 5.41) is 2.91. The Hall–Kier alpha value is -4.00. The van der Waals surface area contributed by atoms with Crippen molar-refractivity contribution in [3.8, 4) is 11.5 Å². The van der Waals surface area contributed by atoms with E-state index in [1.165, 1.54) is 12.7 Å². The Labute approximate surface area is 199 Å². The van der Waals surface area contributed by atoms with E-state index in [0.717, 1.165) is 12.0 Å². The van der Waals surface area contributed by atoms with Crippen LogP contribution in [0.25, 0.3) is 0 Å². The van der Waals surface area contributed by atoms with Gasteiger partial charge in [0.2, 0.25) is 0 Å². The normalized spacial score (nSPS) is 13.6. The molecule has 7 heteroatoms. The van der Waals surface area contributed by atoms with E-state index in [4.69, 9.17) is 9.47 Å². The first-order valence-corrected chi connectivity index (χ1v) is 11.2. The fourth-order valence-electron chi connectivity index (χ4n) is 4.19. The summed E-state index contributed by atoms with van der Waals surface area (Å²) >= 11 is 0. The van der Waals surface area contributed by atoms with Crippen LogP contribution in [0.2, 0.25) is 0 Å². The average Bonchev–Trinajstić information content (AvgIpc) is 2.85. The summed E-state index contributed by atoms with van der Waals surface area (Å²) < 4.78 is 10.9. The van der Waals surface area contributed by atoms with Crippen LogP contribution in [0.4, 0.5) is 16.2 Å². The number of benzene rings is 3. The summed E-state index contributed by atoms with van der Waals surface area (Å²) in [6.07, 6.45) is 0.832. The first-order valence-electron chi connectivity index (χ1n) is 11.2. The predicted octanol–water partition coefficient (Wildman–Crippen LogP) is 5.10. The average molecular weight is 460 g/mol. The Morgan fingerprint density at radius 2 is 1.74 bits per heavy atom. The van der Waals surface area contributed by atoms with Gasteiger partial charge in [0, 0.05) is 25.3 Å². The van der Waals surface area contributed by atoms with E-state index in [2.05, 4.69) is 11.4 Å². The van der Waals surface area contributed by atoms with Gasteiger partial charge in [0.1, 0.15) is 11.5 Å². The number of urea groups is 1. The Morgan fingerprint density at radius 1 is 0.941 bits per heavy atom. The quantitative estimate of drug-likeness (QED) is 0.534. The van der Waals surface area contributed by atoms with E-state index >= 15 is 0 Å². The number of rotatable bonds is 7. The maximum atomic E-state index is 13.4. The van der Waals surface area contributed by atoms with Gasteiger partial charge in [0.05, 0.1) is 25.5 Å². The van der Waals surface area contributed by atoms with Crippen molar-refractivity contribution in [2.45, 2.75) is 19.9 Å². The van der Waals surface area contributed by atoms with Gasteiger partial charge in [-0.15, -0.1) is 0 Å². The highest BCUT2D eigenvalue weighted by atomic mass is 16.5. The summed E-state index contributed by atoms with van der Waals surface area (Å²) in [7, 11) is 3.10. The smallest absolute Gasteiger partial charge is 0.324 e. The zero-order chi connectivity index (χ0) is 24.1. The third kappa shape index (κ3) is 4.98. The highest BCUT2D eigenvalue weighted by Crippen LogP contribution is 2.34. The molecule has 3 aromatic rings. The maximum absolute atomic E-state index is 13.4. The lowest BCUT2D eigenvalue weighted by Gasteiger charge is -2.36. The first kappa shape index (κ1) is 23.2. The van der Waals surface area contributed by atoms with Crippen LogP contribution >= 0.6 is 0 Å². The monoisotopic (exact) mass is 459 g/mol. The molecule has 34 heavy (non-hydrogen) atoms. The zero-order valence-corrected chi connectivity index (χ0v) is 19.7. The van der Waals surface area contributed by atoms with Gasteiger partial charge in [-0.25, -0.2) is 4.79 Å². The van der Waals surface area contributed by atoms with Gasteiger partial charge in [0.15, 0.2) is 0 Å². The topological polar surface area (TPSA) is 71.1 Å². The number of para-hydroxylation sites is 1. The predicted molar refractivity (Wildman–Crippen MR) is 133 cm³/mol. The number of aryl methyl sites for hydroxylation is 1. The van der Waals surface area contributed by atoms with Gasteiger partial charge in [-0.1, -0.05) is 42.0 Å². The van der Waals surface area contributed by atoms with Crippen LogP contribution in [0.1, 0.15) is 27.9 Å². The summed E-state index contributed by atoms with van der Waals surface area (Å²) in [6.45, 7) is 3.85. The third-order valence-electron chi connectivity index (χ3n) is 5.85. The number of nitrogens with zero attached hydrogens (tertiary/aromatic N) is 2. The highest BCUT2D eigenvalue weighted by molar-refractivity contribution is 6.06. The van der Waals surface area contributed by atoms with Crippen LogP contribution in [-0.4, -0.2) is 44.1 Å². The fraction of sp³-hybridized carbons (Fsp3) is 0.259. The summed E-state index contributed by atoms with van der Waals surface area (Å²) in [6, 6.07) is 20.4. The first-order chi connectivity index (χ1) is 16.5. The second-order valence-corrected chi connectivity index (χ2v) is 8.24. The van der Waals surface area contributed by atoms with Crippen LogP contribution in [0.5, 0.6) is 11.5 Å². The lowest BCUT2D eigenvalue weighted by Crippen LogP contribution is -2.49. The summed E-state index contributed by atoms with van der Waals surface area (Å²) in [5.41, 5.74) is 3.88. The van der Waals surface area contributed by atoms with E-state index < -0.39 is 0 Å². The molecule has 4 rings (SSSR count). The molecule has 1 aliphatic rings. The minimum absolute atomic E-state index is 0.0840. The number of carbonyl (C=O) groups excluding carboxylic acids is 2. The van der Waals surface area contributed by atoms with Gasteiger partial charge >= 0.3 is 6.03 Å². The number of carbonyl (C=O) groups is 2. The SMILES string of the molecule is COc1ccccc1C(=O)Nc1ccc(OC)c(N2CCCN(Cc3cccc(C)c3)C2=O)c1. The number of methoxy groups -OCH3 is 2. The molecule has 0 saturated carbocycles. The molecule has 1 N–H and O–H groups in total. The van der Waals surface area contributed by atoms with Crippen LogP contribution in [0.15, 0.2) is 66.7 Å². The number of nitrogens with one attached hydrogen (secondary N) is 1.